The molecule has 1 aliphatic rings. The molecule has 1 rings (SSSR count). The summed E-state index contributed by atoms with van der Waals surface area (Å²) in [5, 5.41) is 9.63. The van der Waals surface area contributed by atoms with Crippen LogP contribution in [0.5, 0.6) is 0 Å². The molecular weight excluding hydrogens is 216 g/mol. The van der Waals surface area contributed by atoms with Crippen molar-refractivity contribution in [3.63, 3.8) is 0 Å². The van der Waals surface area contributed by atoms with Crippen molar-refractivity contribution in [2.75, 3.05) is 14.2 Å². The van der Waals surface area contributed by atoms with Crippen LogP contribution in [0.25, 0.3) is 0 Å². The molecule has 0 aromatic carbocycles. The monoisotopic (exact) mass is 234 g/mol. The standard InChI is InChI=1S/C10H18O6/c1-5-7(16-6(2)11)8(13-3)9(14-4)10(12)15-5/h5,7-10,12H,1-4H3/t5-,7-,8+,9-,10?/m1/s1. The molecule has 1 aliphatic heterocycles. The third kappa shape index (κ3) is 2.70. The Hall–Kier alpha value is -0.690. The van der Waals surface area contributed by atoms with E-state index in [9.17, 15) is 9.90 Å². The van der Waals surface area contributed by atoms with E-state index in [1.807, 2.05) is 0 Å². The lowest BCUT2D eigenvalue weighted by Gasteiger charge is -2.41. The van der Waals surface area contributed by atoms with Gasteiger partial charge >= 0.3 is 5.97 Å². The van der Waals surface area contributed by atoms with Crippen LogP contribution in [0.2, 0.25) is 0 Å². The van der Waals surface area contributed by atoms with Crippen LogP contribution in [0.15, 0.2) is 0 Å². The fourth-order valence-corrected chi connectivity index (χ4v) is 1.86. The second-order valence-electron chi connectivity index (χ2n) is 3.71. The largest absolute Gasteiger partial charge is 0.457 e. The number of carbonyl (C=O) groups is 1. The average molecular weight is 234 g/mol. The molecule has 0 saturated carbocycles. The lowest BCUT2D eigenvalue weighted by molar-refractivity contribution is -0.290. The SMILES string of the molecule is CO[C@H]1[C@H](OC(C)=O)[C@@H](C)OC(O)[C@@H]1OC. The first-order chi connectivity index (χ1) is 7.51. The van der Waals surface area contributed by atoms with Gasteiger partial charge in [0.2, 0.25) is 0 Å². The Morgan fingerprint density at radius 3 is 2.19 bits per heavy atom. The molecule has 0 aliphatic carbocycles. The first-order valence-corrected chi connectivity index (χ1v) is 5.07. The molecule has 6 nitrogen and oxygen atoms in total. The minimum atomic E-state index is -1.09. The van der Waals surface area contributed by atoms with Gasteiger partial charge in [-0.15, -0.1) is 0 Å². The van der Waals surface area contributed by atoms with Gasteiger partial charge < -0.3 is 24.1 Å². The first kappa shape index (κ1) is 13.4. The van der Waals surface area contributed by atoms with Crippen molar-refractivity contribution in [2.24, 2.45) is 0 Å². The maximum Gasteiger partial charge on any atom is 0.303 e. The molecule has 0 bridgehead atoms. The number of aliphatic hydroxyl groups is 1. The molecule has 0 aromatic rings. The van der Waals surface area contributed by atoms with Crippen LogP contribution < -0.4 is 0 Å². The van der Waals surface area contributed by atoms with E-state index in [2.05, 4.69) is 0 Å². The lowest BCUT2D eigenvalue weighted by atomic mass is 9.99. The quantitative estimate of drug-likeness (QED) is 0.675. The van der Waals surface area contributed by atoms with E-state index < -0.39 is 36.7 Å². The Kier molecular flexibility index (Phi) is 4.67. The van der Waals surface area contributed by atoms with Gasteiger partial charge in [0, 0.05) is 21.1 Å². The minimum Gasteiger partial charge on any atom is -0.457 e. The zero-order valence-electron chi connectivity index (χ0n) is 9.88. The van der Waals surface area contributed by atoms with E-state index in [-0.39, 0.29) is 0 Å². The van der Waals surface area contributed by atoms with Gasteiger partial charge in [-0.1, -0.05) is 0 Å². The van der Waals surface area contributed by atoms with E-state index in [0.717, 1.165) is 0 Å². The van der Waals surface area contributed by atoms with Crippen molar-refractivity contribution in [3.8, 4) is 0 Å². The summed E-state index contributed by atoms with van der Waals surface area (Å²) in [6.07, 6.45) is -3.35. The Labute approximate surface area is 94.4 Å². The number of esters is 1. The molecule has 0 aromatic heterocycles. The summed E-state index contributed by atoms with van der Waals surface area (Å²) in [4.78, 5) is 11.0. The second kappa shape index (κ2) is 5.58. The topological polar surface area (TPSA) is 74.2 Å². The van der Waals surface area contributed by atoms with E-state index in [4.69, 9.17) is 18.9 Å². The first-order valence-electron chi connectivity index (χ1n) is 5.07. The summed E-state index contributed by atoms with van der Waals surface area (Å²) in [7, 11) is 2.90. The number of carbonyl (C=O) groups excluding carboxylic acids is 1. The van der Waals surface area contributed by atoms with Gasteiger partial charge in [-0.05, 0) is 6.92 Å². The summed E-state index contributed by atoms with van der Waals surface area (Å²) in [5.41, 5.74) is 0. The van der Waals surface area contributed by atoms with Gasteiger partial charge in [-0.25, -0.2) is 0 Å². The maximum atomic E-state index is 11.0. The number of ether oxygens (including phenoxy) is 4. The molecule has 1 saturated heterocycles. The Balaban J connectivity index is 2.82. The van der Waals surface area contributed by atoms with Crippen LogP contribution in [-0.2, 0) is 23.7 Å². The molecule has 5 atom stereocenters. The summed E-state index contributed by atoms with van der Waals surface area (Å²) < 4.78 is 20.6. The number of aliphatic hydroxyl groups excluding tert-OH is 1. The Morgan fingerprint density at radius 1 is 1.19 bits per heavy atom. The zero-order valence-corrected chi connectivity index (χ0v) is 9.88. The van der Waals surface area contributed by atoms with Gasteiger partial charge in [0.15, 0.2) is 12.4 Å². The zero-order chi connectivity index (χ0) is 12.3. The number of hydrogen-bond donors (Lipinski definition) is 1. The highest BCUT2D eigenvalue weighted by Gasteiger charge is 2.46. The fraction of sp³-hybridized carbons (Fsp3) is 0.900. The van der Waals surface area contributed by atoms with Crippen molar-refractivity contribution in [3.05, 3.63) is 0 Å². The highest BCUT2D eigenvalue weighted by atomic mass is 16.7. The minimum absolute atomic E-state index is 0.422. The second-order valence-corrected chi connectivity index (χ2v) is 3.71. The van der Waals surface area contributed by atoms with Gasteiger partial charge in [-0.3, -0.25) is 4.79 Å². The van der Waals surface area contributed by atoms with Crippen LogP contribution in [0.4, 0.5) is 0 Å². The molecule has 0 spiro atoms. The van der Waals surface area contributed by atoms with Crippen molar-refractivity contribution in [2.45, 2.75) is 44.6 Å². The molecule has 1 heterocycles. The van der Waals surface area contributed by atoms with Crippen molar-refractivity contribution in [1.82, 2.24) is 0 Å². The van der Waals surface area contributed by atoms with E-state index in [1.54, 1.807) is 6.92 Å². The van der Waals surface area contributed by atoms with Crippen molar-refractivity contribution in [1.29, 1.82) is 0 Å². The smallest absolute Gasteiger partial charge is 0.303 e. The number of methoxy groups -OCH3 is 2. The normalized spacial score (nSPS) is 39.4. The Bertz CT molecular complexity index is 243. The number of rotatable bonds is 3. The average Bonchev–Trinajstić information content (AvgIpc) is 2.20. The van der Waals surface area contributed by atoms with Crippen LogP contribution in [0.3, 0.4) is 0 Å². The summed E-state index contributed by atoms with van der Waals surface area (Å²) in [5.74, 6) is -0.422. The van der Waals surface area contributed by atoms with Crippen molar-refractivity contribution >= 4 is 5.97 Å². The molecule has 94 valence electrons. The third-order valence-electron chi connectivity index (χ3n) is 2.59. The highest BCUT2D eigenvalue weighted by Crippen LogP contribution is 2.26. The summed E-state index contributed by atoms with van der Waals surface area (Å²) in [6, 6.07) is 0. The molecule has 16 heavy (non-hydrogen) atoms. The molecule has 1 fully saturated rings. The highest BCUT2D eigenvalue weighted by molar-refractivity contribution is 5.66. The van der Waals surface area contributed by atoms with Gasteiger partial charge in [0.1, 0.15) is 12.2 Å². The molecule has 1 unspecified atom stereocenters. The predicted molar refractivity (Wildman–Crippen MR) is 53.7 cm³/mol. The maximum absolute atomic E-state index is 11.0. The van der Waals surface area contributed by atoms with E-state index >= 15 is 0 Å². The predicted octanol–water partition coefficient (Wildman–Crippen LogP) is -0.315. The molecule has 0 amide bonds. The van der Waals surface area contributed by atoms with Crippen LogP contribution >= 0.6 is 0 Å². The van der Waals surface area contributed by atoms with E-state index in [1.165, 1.54) is 21.1 Å². The molecule has 1 N–H and O–H groups in total. The van der Waals surface area contributed by atoms with Gasteiger partial charge in [0.05, 0.1) is 6.10 Å². The molecule has 0 radical (unpaired) electrons. The van der Waals surface area contributed by atoms with E-state index in [0.29, 0.717) is 0 Å². The van der Waals surface area contributed by atoms with Crippen LogP contribution in [0, 0.1) is 0 Å². The summed E-state index contributed by atoms with van der Waals surface area (Å²) in [6.45, 7) is 3.01. The fourth-order valence-electron chi connectivity index (χ4n) is 1.86. The molecule has 6 heteroatoms. The Morgan fingerprint density at radius 2 is 1.75 bits per heavy atom. The third-order valence-corrected chi connectivity index (χ3v) is 2.59. The summed E-state index contributed by atoms with van der Waals surface area (Å²) >= 11 is 0. The van der Waals surface area contributed by atoms with Crippen LogP contribution in [-0.4, -0.2) is 56.0 Å². The van der Waals surface area contributed by atoms with Gasteiger partial charge in [-0.2, -0.15) is 0 Å². The lowest BCUT2D eigenvalue weighted by Crippen LogP contribution is -2.59. The van der Waals surface area contributed by atoms with Crippen molar-refractivity contribution < 1.29 is 28.8 Å². The van der Waals surface area contributed by atoms with Crippen LogP contribution in [0.1, 0.15) is 13.8 Å². The molecular formula is C10H18O6. The number of hydrogen-bond acceptors (Lipinski definition) is 6. The van der Waals surface area contributed by atoms with Gasteiger partial charge in [0.25, 0.3) is 0 Å².